The van der Waals surface area contributed by atoms with Gasteiger partial charge in [-0.2, -0.15) is 5.06 Å². The number of para-hydroxylation sites is 1. The molecule has 1 aromatic carbocycles. The Morgan fingerprint density at radius 3 is 2.83 bits per heavy atom. The van der Waals surface area contributed by atoms with Crippen molar-refractivity contribution in [2.75, 3.05) is 11.9 Å². The summed E-state index contributed by atoms with van der Waals surface area (Å²) in [6, 6.07) is 6.29. The summed E-state index contributed by atoms with van der Waals surface area (Å²) >= 11 is 0. The highest BCUT2D eigenvalue weighted by Crippen LogP contribution is 2.42. The van der Waals surface area contributed by atoms with Gasteiger partial charge in [-0.1, -0.05) is 18.2 Å². The number of hydroxylamine groups is 2. The summed E-state index contributed by atoms with van der Waals surface area (Å²) in [6.07, 6.45) is -0.297. The number of fused-ring (bicyclic) bond motifs is 3. The summed E-state index contributed by atoms with van der Waals surface area (Å²) in [5.41, 5.74) is 1.55. The molecule has 0 spiro atoms. The van der Waals surface area contributed by atoms with E-state index < -0.39 is 18.1 Å². The van der Waals surface area contributed by atoms with Crippen LogP contribution in [0, 0.1) is 0 Å². The minimum Gasteiger partial charge on any atom is -0.466 e. The van der Waals surface area contributed by atoms with Crippen molar-refractivity contribution >= 4 is 23.3 Å². The van der Waals surface area contributed by atoms with Crippen molar-refractivity contribution in [1.29, 1.82) is 0 Å². The molecule has 2 heterocycles. The first kappa shape index (κ1) is 16.6. The van der Waals surface area contributed by atoms with Gasteiger partial charge in [0.1, 0.15) is 12.1 Å². The molecule has 0 bridgehead atoms. The van der Waals surface area contributed by atoms with Gasteiger partial charge in [-0.25, -0.2) is 0 Å². The molecule has 7 nitrogen and oxygen atoms in total. The predicted molar refractivity (Wildman–Crippen MR) is 84.9 cm³/mol. The lowest BCUT2D eigenvalue weighted by molar-refractivity contribution is -0.196. The molecule has 1 N–H and O–H groups in total. The lowest BCUT2D eigenvalue weighted by Crippen LogP contribution is -2.43. The molecular formula is C17H20N2O5. The average Bonchev–Trinajstić information content (AvgIpc) is 2.94. The molecule has 1 aromatic rings. The Kier molecular flexibility index (Phi) is 4.64. The van der Waals surface area contributed by atoms with Gasteiger partial charge in [0, 0.05) is 12.1 Å². The lowest BCUT2D eigenvalue weighted by Gasteiger charge is -2.27. The summed E-state index contributed by atoms with van der Waals surface area (Å²) in [4.78, 5) is 42.0. The maximum absolute atomic E-state index is 12.6. The second kappa shape index (κ2) is 6.70. The van der Waals surface area contributed by atoms with Crippen molar-refractivity contribution < 1.29 is 24.0 Å². The van der Waals surface area contributed by atoms with Crippen molar-refractivity contribution in [1.82, 2.24) is 5.06 Å². The summed E-state index contributed by atoms with van der Waals surface area (Å²) in [6.45, 7) is 3.42. The number of nitrogens with one attached hydrogen (secondary N) is 1. The highest BCUT2D eigenvalue weighted by Gasteiger charge is 2.46. The van der Waals surface area contributed by atoms with Crippen LogP contribution in [0.15, 0.2) is 24.3 Å². The minimum absolute atomic E-state index is 0.101. The fourth-order valence-corrected chi connectivity index (χ4v) is 3.16. The number of carbonyl (C=O) groups is 3. The van der Waals surface area contributed by atoms with Crippen molar-refractivity contribution in [3.63, 3.8) is 0 Å². The number of hydrogen-bond donors (Lipinski definition) is 1. The quantitative estimate of drug-likeness (QED) is 0.843. The number of ketones is 1. The van der Waals surface area contributed by atoms with Crippen LogP contribution in [-0.4, -0.2) is 41.5 Å². The van der Waals surface area contributed by atoms with E-state index in [-0.39, 0.29) is 30.8 Å². The van der Waals surface area contributed by atoms with Gasteiger partial charge in [0.25, 0.3) is 0 Å². The number of nitrogens with zero attached hydrogens (tertiary/aromatic N) is 1. The van der Waals surface area contributed by atoms with Gasteiger partial charge in [-0.15, -0.1) is 0 Å². The number of Topliss-reactive ketones (excluding diaryl/α,β-unsaturated/α-hetero) is 1. The maximum Gasteiger partial charge on any atom is 0.308 e. The maximum atomic E-state index is 12.6. The topological polar surface area (TPSA) is 84.9 Å². The van der Waals surface area contributed by atoms with E-state index in [1.807, 2.05) is 18.2 Å². The van der Waals surface area contributed by atoms with Gasteiger partial charge >= 0.3 is 5.97 Å². The third-order valence-corrected chi connectivity index (χ3v) is 4.30. The number of carbonyl (C=O) groups excluding carboxylic acids is 3. The summed E-state index contributed by atoms with van der Waals surface area (Å²) < 4.78 is 4.97. The zero-order chi connectivity index (χ0) is 17.3. The first-order chi connectivity index (χ1) is 11.5. The van der Waals surface area contributed by atoms with Gasteiger partial charge in [-0.05, 0) is 25.5 Å². The molecule has 0 unspecified atom stereocenters. The summed E-state index contributed by atoms with van der Waals surface area (Å²) in [7, 11) is 0. The van der Waals surface area contributed by atoms with Crippen LogP contribution in [0.1, 0.15) is 38.3 Å². The molecule has 0 saturated carbocycles. The Morgan fingerprint density at radius 1 is 1.38 bits per heavy atom. The van der Waals surface area contributed by atoms with E-state index in [2.05, 4.69) is 5.32 Å². The molecule has 128 valence electrons. The number of anilines is 1. The molecule has 2 aliphatic rings. The molecule has 0 radical (unpaired) electrons. The molecule has 3 atom stereocenters. The summed E-state index contributed by atoms with van der Waals surface area (Å²) in [5.74, 6) is -0.921. The first-order valence-corrected chi connectivity index (χ1v) is 8.02. The van der Waals surface area contributed by atoms with Gasteiger partial charge < -0.3 is 10.1 Å². The van der Waals surface area contributed by atoms with Gasteiger partial charge in [-0.3, -0.25) is 19.2 Å². The van der Waals surface area contributed by atoms with Crippen LogP contribution in [0.2, 0.25) is 0 Å². The molecule has 1 saturated heterocycles. The molecule has 24 heavy (non-hydrogen) atoms. The highest BCUT2D eigenvalue weighted by molar-refractivity contribution is 5.98. The molecule has 0 aliphatic carbocycles. The van der Waals surface area contributed by atoms with Crippen molar-refractivity contribution in [3.8, 4) is 0 Å². The van der Waals surface area contributed by atoms with Crippen LogP contribution in [0.5, 0.6) is 0 Å². The smallest absolute Gasteiger partial charge is 0.308 e. The Balaban J connectivity index is 1.95. The normalized spacial score (nSPS) is 26.1. The van der Waals surface area contributed by atoms with Crippen LogP contribution in [0.3, 0.4) is 0 Å². The fourth-order valence-electron chi connectivity index (χ4n) is 3.16. The molecule has 2 aliphatic heterocycles. The second-order valence-corrected chi connectivity index (χ2v) is 5.92. The zero-order valence-corrected chi connectivity index (χ0v) is 13.7. The van der Waals surface area contributed by atoms with E-state index >= 15 is 0 Å². The zero-order valence-electron chi connectivity index (χ0n) is 13.7. The van der Waals surface area contributed by atoms with E-state index in [9.17, 15) is 14.4 Å². The molecule has 3 rings (SSSR count). The van der Waals surface area contributed by atoms with Gasteiger partial charge in [0.15, 0.2) is 5.78 Å². The minimum atomic E-state index is -0.842. The lowest BCUT2D eigenvalue weighted by atomic mass is 9.98. The van der Waals surface area contributed by atoms with Crippen LogP contribution in [0.4, 0.5) is 5.69 Å². The molecular weight excluding hydrogens is 312 g/mol. The number of esters is 1. The predicted octanol–water partition coefficient (Wildman–Crippen LogP) is 1.60. The third kappa shape index (κ3) is 3.05. The Labute approximate surface area is 139 Å². The van der Waals surface area contributed by atoms with E-state index in [4.69, 9.17) is 9.57 Å². The van der Waals surface area contributed by atoms with E-state index in [1.54, 1.807) is 13.0 Å². The fraction of sp³-hybridized carbons (Fsp3) is 0.471. The van der Waals surface area contributed by atoms with Crippen molar-refractivity contribution in [3.05, 3.63) is 29.8 Å². The molecule has 1 fully saturated rings. The Hall–Kier alpha value is -2.25. The van der Waals surface area contributed by atoms with E-state index in [0.717, 1.165) is 5.56 Å². The molecule has 7 heteroatoms. The second-order valence-electron chi connectivity index (χ2n) is 5.92. The van der Waals surface area contributed by atoms with Crippen molar-refractivity contribution in [2.45, 2.75) is 44.9 Å². The molecule has 0 aromatic heterocycles. The van der Waals surface area contributed by atoms with Crippen LogP contribution in [0.25, 0.3) is 0 Å². The number of amides is 1. The first-order valence-electron chi connectivity index (χ1n) is 8.02. The Morgan fingerprint density at radius 2 is 2.12 bits per heavy atom. The van der Waals surface area contributed by atoms with Crippen LogP contribution in [-0.2, 0) is 24.0 Å². The number of benzene rings is 1. The SMILES string of the molecule is CCOC(=O)C[C@@H]1C(=O)Nc2ccccc2[C@@H]2C[C@@H](C(C)=O)ON12. The highest BCUT2D eigenvalue weighted by atomic mass is 16.7. The summed E-state index contributed by atoms with van der Waals surface area (Å²) in [5, 5.41) is 4.33. The third-order valence-electron chi connectivity index (χ3n) is 4.30. The van der Waals surface area contributed by atoms with Crippen LogP contribution >= 0.6 is 0 Å². The van der Waals surface area contributed by atoms with E-state index in [0.29, 0.717) is 12.1 Å². The number of ether oxygens (including phenoxy) is 1. The average molecular weight is 332 g/mol. The van der Waals surface area contributed by atoms with E-state index in [1.165, 1.54) is 12.0 Å². The molecule has 1 amide bonds. The van der Waals surface area contributed by atoms with Crippen LogP contribution < -0.4 is 5.32 Å². The van der Waals surface area contributed by atoms with Gasteiger partial charge in [0.2, 0.25) is 5.91 Å². The standard InChI is InChI=1S/C17H20N2O5/c1-3-23-16(21)9-14-17(22)18-12-7-5-4-6-11(12)13-8-15(10(2)20)24-19(13)14/h4-7,13-15H,3,8-9H2,1-2H3,(H,18,22)/t13-,14+,15-/m0/s1. The van der Waals surface area contributed by atoms with Gasteiger partial charge in [0.05, 0.1) is 19.1 Å². The monoisotopic (exact) mass is 332 g/mol. The Bertz CT molecular complexity index is 675. The van der Waals surface area contributed by atoms with Crippen molar-refractivity contribution in [2.24, 2.45) is 0 Å². The largest absolute Gasteiger partial charge is 0.466 e. The number of rotatable bonds is 4. The number of hydrogen-bond acceptors (Lipinski definition) is 6.